The van der Waals surface area contributed by atoms with Gasteiger partial charge in [0.2, 0.25) is 0 Å². The lowest BCUT2D eigenvalue weighted by Crippen LogP contribution is -2.59. The van der Waals surface area contributed by atoms with Crippen molar-refractivity contribution < 1.29 is 22.7 Å². The number of benzene rings is 2. The van der Waals surface area contributed by atoms with Crippen LogP contribution in [-0.4, -0.2) is 46.3 Å². The van der Waals surface area contributed by atoms with Crippen LogP contribution in [0.5, 0.6) is 0 Å². The molecule has 0 spiro atoms. The molecule has 0 radical (unpaired) electrons. The minimum absolute atomic E-state index is 0.126. The van der Waals surface area contributed by atoms with Gasteiger partial charge in [0.25, 0.3) is 5.91 Å². The molecular weight excluding hydrogens is 512 g/mol. The number of rotatable bonds is 6. The largest absolute Gasteiger partial charge is 0.451 e. The van der Waals surface area contributed by atoms with Crippen LogP contribution in [0.4, 0.5) is 0 Å². The Morgan fingerprint density at radius 1 is 0.949 bits per heavy atom. The van der Waals surface area contributed by atoms with Crippen molar-refractivity contribution in [2.45, 2.75) is 50.0 Å². The SMILES string of the molecule is CC(C)=C/C(=C1\C(=O)N2[C@@H](C(=O)OC(c3ccccc3)c3ccccc3)C(C)(C)S(=O)(=O)[C@H]12)c1ccccn1. The fourth-order valence-electron chi connectivity index (χ4n) is 5.27. The average molecular weight is 543 g/mol. The number of ether oxygens (including phenoxy) is 1. The lowest BCUT2D eigenvalue weighted by molar-refractivity contribution is -0.160. The van der Waals surface area contributed by atoms with Crippen LogP contribution in [0.25, 0.3) is 5.57 Å². The Balaban J connectivity index is 1.57. The zero-order valence-corrected chi connectivity index (χ0v) is 23.1. The monoisotopic (exact) mass is 542 g/mol. The van der Waals surface area contributed by atoms with Gasteiger partial charge in [0.1, 0.15) is 4.75 Å². The average Bonchev–Trinajstić information content (AvgIpc) is 3.07. The molecule has 3 aromatic rings. The van der Waals surface area contributed by atoms with Crippen molar-refractivity contribution in [3.05, 3.63) is 119 Å². The summed E-state index contributed by atoms with van der Waals surface area (Å²) in [5.41, 5.74) is 3.43. The number of hydrogen-bond acceptors (Lipinski definition) is 6. The van der Waals surface area contributed by atoms with Gasteiger partial charge in [-0.15, -0.1) is 0 Å². The van der Waals surface area contributed by atoms with Gasteiger partial charge < -0.3 is 9.64 Å². The molecule has 0 saturated carbocycles. The number of fused-ring (bicyclic) bond motifs is 1. The standard InChI is InChI=1S/C31H30N2O5S/c1-20(2)19-23(24-17-11-12-18-32-24)25-28(34)33-27(31(3,4)39(36,37)29(25)33)30(35)38-26(21-13-7-5-8-14-21)22-15-9-6-10-16-22/h5-19,26-27,29H,1-4H3/b25-23-/t27-,29+/m0/s1. The lowest BCUT2D eigenvalue weighted by atomic mass is 9.90. The molecule has 2 aliphatic rings. The molecule has 0 unspecified atom stereocenters. The van der Waals surface area contributed by atoms with Crippen molar-refractivity contribution in [2.75, 3.05) is 0 Å². The highest BCUT2D eigenvalue weighted by molar-refractivity contribution is 7.94. The highest BCUT2D eigenvalue weighted by Gasteiger charge is 2.71. The van der Waals surface area contributed by atoms with Gasteiger partial charge >= 0.3 is 5.97 Å². The summed E-state index contributed by atoms with van der Waals surface area (Å²) in [6.07, 6.45) is 2.59. The lowest BCUT2D eigenvalue weighted by Gasteiger charge is -2.40. The molecular formula is C31H30N2O5S. The minimum atomic E-state index is -4.01. The summed E-state index contributed by atoms with van der Waals surface area (Å²) in [6.45, 7) is 6.70. The summed E-state index contributed by atoms with van der Waals surface area (Å²) < 4.78 is 32.3. The van der Waals surface area contributed by atoms with E-state index in [4.69, 9.17) is 4.74 Å². The molecule has 1 aromatic heterocycles. The highest BCUT2D eigenvalue weighted by atomic mass is 32.2. The first-order valence-electron chi connectivity index (χ1n) is 12.7. The van der Waals surface area contributed by atoms with Crippen molar-refractivity contribution in [3.8, 4) is 0 Å². The predicted molar refractivity (Wildman–Crippen MR) is 149 cm³/mol. The van der Waals surface area contributed by atoms with E-state index in [0.717, 1.165) is 16.7 Å². The fraction of sp³-hybridized carbons (Fsp3) is 0.258. The number of nitrogens with zero attached hydrogens (tertiary/aromatic N) is 2. The Morgan fingerprint density at radius 3 is 2.03 bits per heavy atom. The molecule has 2 atom stereocenters. The Kier molecular flexibility index (Phi) is 6.76. The maximum Gasteiger partial charge on any atom is 0.331 e. The van der Waals surface area contributed by atoms with Crippen LogP contribution in [0.3, 0.4) is 0 Å². The number of aromatic nitrogens is 1. The molecule has 0 bridgehead atoms. The Hall–Kier alpha value is -4.04. The van der Waals surface area contributed by atoms with Crippen LogP contribution >= 0.6 is 0 Å². The maximum atomic E-state index is 13.9. The summed E-state index contributed by atoms with van der Waals surface area (Å²) in [6, 6.07) is 22.4. The molecule has 2 fully saturated rings. The van der Waals surface area contributed by atoms with Crippen molar-refractivity contribution in [3.63, 3.8) is 0 Å². The van der Waals surface area contributed by atoms with Crippen LogP contribution in [0.2, 0.25) is 0 Å². The second kappa shape index (κ2) is 9.93. The first-order chi connectivity index (χ1) is 18.6. The van der Waals surface area contributed by atoms with E-state index in [2.05, 4.69) is 4.98 Å². The third-order valence-corrected chi connectivity index (χ3v) is 9.99. The minimum Gasteiger partial charge on any atom is -0.451 e. The summed E-state index contributed by atoms with van der Waals surface area (Å²) in [5.74, 6) is -1.27. The fourth-order valence-corrected chi connectivity index (χ4v) is 7.42. The van der Waals surface area contributed by atoms with Gasteiger partial charge in [-0.3, -0.25) is 9.78 Å². The van der Waals surface area contributed by atoms with Crippen LogP contribution in [-0.2, 0) is 24.2 Å². The van der Waals surface area contributed by atoms with Gasteiger partial charge in [-0.1, -0.05) is 78.4 Å². The van der Waals surface area contributed by atoms with E-state index in [-0.39, 0.29) is 5.57 Å². The number of esters is 1. The number of sulfone groups is 1. The number of amides is 1. The van der Waals surface area contributed by atoms with Crippen molar-refractivity contribution in [2.24, 2.45) is 0 Å². The zero-order chi connectivity index (χ0) is 27.9. The van der Waals surface area contributed by atoms with E-state index in [9.17, 15) is 18.0 Å². The molecule has 2 aromatic carbocycles. The molecule has 7 nitrogen and oxygen atoms in total. The predicted octanol–water partition coefficient (Wildman–Crippen LogP) is 4.88. The summed E-state index contributed by atoms with van der Waals surface area (Å²) in [4.78, 5) is 33.1. The molecule has 0 aliphatic carbocycles. The molecule has 200 valence electrons. The quantitative estimate of drug-likeness (QED) is 0.250. The second-order valence-corrected chi connectivity index (χ2v) is 13.1. The molecule has 2 aliphatic heterocycles. The third-order valence-electron chi connectivity index (χ3n) is 7.25. The summed E-state index contributed by atoms with van der Waals surface area (Å²) in [7, 11) is -4.01. The van der Waals surface area contributed by atoms with Crippen molar-refractivity contribution in [1.82, 2.24) is 9.88 Å². The number of hydrogen-bond donors (Lipinski definition) is 0. The summed E-state index contributed by atoms with van der Waals surface area (Å²) >= 11 is 0. The molecule has 39 heavy (non-hydrogen) atoms. The number of carbonyl (C=O) groups excluding carboxylic acids is 2. The van der Waals surface area contributed by atoms with Crippen LogP contribution in [0.15, 0.2) is 102 Å². The maximum absolute atomic E-state index is 13.9. The van der Waals surface area contributed by atoms with E-state index in [1.807, 2.05) is 74.5 Å². The highest BCUT2D eigenvalue weighted by Crippen LogP contribution is 2.51. The topological polar surface area (TPSA) is 93.6 Å². The molecule has 5 rings (SSSR count). The van der Waals surface area contributed by atoms with Gasteiger partial charge in [-0.2, -0.15) is 0 Å². The molecule has 1 amide bonds. The number of carbonyl (C=O) groups is 2. The zero-order valence-electron chi connectivity index (χ0n) is 22.2. The Bertz CT molecular complexity index is 1540. The summed E-state index contributed by atoms with van der Waals surface area (Å²) in [5, 5.41) is -1.27. The van der Waals surface area contributed by atoms with E-state index in [0.29, 0.717) is 11.3 Å². The second-order valence-electron chi connectivity index (χ2n) is 10.5. The van der Waals surface area contributed by atoms with Crippen LogP contribution in [0, 0.1) is 0 Å². The molecule has 0 N–H and O–H groups in total. The number of allylic oxidation sites excluding steroid dienone is 3. The molecule has 3 heterocycles. The van der Waals surface area contributed by atoms with Gasteiger partial charge in [-0.25, -0.2) is 13.2 Å². The van der Waals surface area contributed by atoms with E-state index < -0.39 is 44.0 Å². The number of pyridine rings is 1. The smallest absolute Gasteiger partial charge is 0.331 e. The van der Waals surface area contributed by atoms with E-state index in [1.54, 1.807) is 30.5 Å². The molecule has 2 saturated heterocycles. The van der Waals surface area contributed by atoms with Gasteiger partial charge in [0.15, 0.2) is 27.4 Å². The Morgan fingerprint density at radius 2 is 1.51 bits per heavy atom. The van der Waals surface area contributed by atoms with Crippen molar-refractivity contribution in [1.29, 1.82) is 0 Å². The first-order valence-corrected chi connectivity index (χ1v) is 14.3. The Labute approximate surface area is 228 Å². The third kappa shape index (κ3) is 4.38. The van der Waals surface area contributed by atoms with Gasteiger partial charge in [0.05, 0.1) is 11.3 Å². The first kappa shape index (κ1) is 26.6. The van der Waals surface area contributed by atoms with E-state index >= 15 is 0 Å². The van der Waals surface area contributed by atoms with Crippen molar-refractivity contribution >= 4 is 27.3 Å². The molecule has 8 heteroatoms. The normalized spacial score (nSPS) is 22.1. The van der Waals surface area contributed by atoms with Gasteiger partial charge in [0, 0.05) is 11.8 Å². The van der Waals surface area contributed by atoms with Gasteiger partial charge in [-0.05, 0) is 51.0 Å². The number of β-lactam (4-membered cyclic amide) rings is 1. The van der Waals surface area contributed by atoms with E-state index in [1.165, 1.54) is 18.7 Å². The van der Waals surface area contributed by atoms with Crippen LogP contribution < -0.4 is 0 Å². The van der Waals surface area contributed by atoms with Crippen LogP contribution in [0.1, 0.15) is 50.6 Å².